The van der Waals surface area contributed by atoms with Gasteiger partial charge in [0.05, 0.1) is 12.1 Å². The number of carbonyl (C=O) groups is 2. The number of nitrogens with zero attached hydrogens (tertiary/aromatic N) is 2. The van der Waals surface area contributed by atoms with Crippen LogP contribution in [0.1, 0.15) is 33.6 Å². The Morgan fingerprint density at radius 1 is 1.43 bits per heavy atom. The third kappa shape index (κ3) is 3.40. The minimum atomic E-state index is -0.526. The van der Waals surface area contributed by atoms with Gasteiger partial charge in [0.2, 0.25) is 0 Å². The van der Waals surface area contributed by atoms with Gasteiger partial charge < -0.3 is 25.0 Å². The molecular formula is C14H25N3O4. The van der Waals surface area contributed by atoms with Crippen LogP contribution in [0, 0.1) is 0 Å². The molecule has 21 heavy (non-hydrogen) atoms. The van der Waals surface area contributed by atoms with E-state index in [9.17, 15) is 14.7 Å². The van der Waals surface area contributed by atoms with Crippen molar-refractivity contribution in [2.24, 2.45) is 0 Å². The lowest BCUT2D eigenvalue weighted by Crippen LogP contribution is -2.62. The van der Waals surface area contributed by atoms with E-state index in [-0.39, 0.29) is 30.8 Å². The summed E-state index contributed by atoms with van der Waals surface area (Å²) in [5, 5.41) is 12.0. The standard InChI is InChI=1S/C14H25N3O4/c1-13(2,3)21-12(20)16-7-5-14(10-16)4-6-15-11(19)17(14)8-9-18/h18H,4-10H2,1-3H3,(H,15,19). The van der Waals surface area contributed by atoms with Crippen LogP contribution in [0.3, 0.4) is 0 Å². The van der Waals surface area contributed by atoms with Gasteiger partial charge in [-0.2, -0.15) is 0 Å². The number of nitrogens with one attached hydrogen (secondary N) is 1. The number of hydrogen-bond donors (Lipinski definition) is 2. The molecule has 0 aromatic rings. The molecule has 2 N–H and O–H groups in total. The predicted octanol–water partition coefficient (Wildman–Crippen LogP) is 0.774. The summed E-state index contributed by atoms with van der Waals surface area (Å²) in [6, 6.07) is -0.165. The van der Waals surface area contributed by atoms with Crippen molar-refractivity contribution in [2.45, 2.75) is 44.8 Å². The fourth-order valence-corrected chi connectivity index (χ4v) is 3.05. The number of rotatable bonds is 2. The molecular weight excluding hydrogens is 274 g/mol. The number of amides is 3. The molecule has 0 aromatic carbocycles. The minimum absolute atomic E-state index is 0.0817. The average molecular weight is 299 g/mol. The number of aliphatic hydroxyl groups is 1. The zero-order valence-electron chi connectivity index (χ0n) is 13.0. The van der Waals surface area contributed by atoms with Gasteiger partial charge in [-0.1, -0.05) is 0 Å². The van der Waals surface area contributed by atoms with Crippen molar-refractivity contribution >= 4 is 12.1 Å². The van der Waals surface area contributed by atoms with Gasteiger partial charge in [-0.05, 0) is 33.6 Å². The van der Waals surface area contributed by atoms with Crippen LogP contribution < -0.4 is 5.32 Å². The summed E-state index contributed by atoms with van der Waals surface area (Å²) in [6.45, 7) is 7.35. The quantitative estimate of drug-likeness (QED) is 0.789. The Kier molecular flexibility index (Phi) is 4.32. The van der Waals surface area contributed by atoms with Crippen LogP contribution in [0.15, 0.2) is 0 Å². The summed E-state index contributed by atoms with van der Waals surface area (Å²) in [6.07, 6.45) is 1.16. The third-order valence-electron chi connectivity index (χ3n) is 3.99. The zero-order chi connectivity index (χ0) is 15.7. The van der Waals surface area contributed by atoms with E-state index in [1.165, 1.54) is 0 Å². The first-order valence-corrected chi connectivity index (χ1v) is 7.42. The van der Waals surface area contributed by atoms with E-state index in [0.29, 0.717) is 19.6 Å². The second-order valence-corrected chi connectivity index (χ2v) is 6.73. The molecule has 0 saturated carbocycles. The van der Waals surface area contributed by atoms with Crippen LogP contribution in [-0.4, -0.2) is 71.0 Å². The maximum Gasteiger partial charge on any atom is 0.410 e. The molecule has 2 rings (SSSR count). The molecule has 2 aliphatic heterocycles. The number of urea groups is 1. The summed E-state index contributed by atoms with van der Waals surface area (Å²) in [4.78, 5) is 27.5. The molecule has 1 atom stereocenters. The van der Waals surface area contributed by atoms with E-state index in [1.54, 1.807) is 9.80 Å². The molecule has 7 heteroatoms. The number of likely N-dealkylation sites (tertiary alicyclic amines) is 1. The Morgan fingerprint density at radius 2 is 2.14 bits per heavy atom. The lowest BCUT2D eigenvalue weighted by Gasteiger charge is -2.44. The number of carbonyl (C=O) groups excluding carboxylic acids is 2. The van der Waals surface area contributed by atoms with Crippen LogP contribution in [0.25, 0.3) is 0 Å². The van der Waals surface area contributed by atoms with Gasteiger partial charge >= 0.3 is 12.1 Å². The molecule has 2 heterocycles. The maximum atomic E-state index is 12.2. The fourth-order valence-electron chi connectivity index (χ4n) is 3.05. The second-order valence-electron chi connectivity index (χ2n) is 6.73. The predicted molar refractivity (Wildman–Crippen MR) is 77.0 cm³/mol. The molecule has 3 amide bonds. The highest BCUT2D eigenvalue weighted by molar-refractivity contribution is 5.77. The summed E-state index contributed by atoms with van der Waals surface area (Å²) >= 11 is 0. The molecule has 2 fully saturated rings. The van der Waals surface area contributed by atoms with Gasteiger partial charge in [0.1, 0.15) is 5.60 Å². The van der Waals surface area contributed by atoms with E-state index >= 15 is 0 Å². The molecule has 0 aliphatic carbocycles. The van der Waals surface area contributed by atoms with Crippen LogP contribution in [0.2, 0.25) is 0 Å². The Bertz CT molecular complexity index is 421. The first-order valence-electron chi connectivity index (χ1n) is 7.42. The van der Waals surface area contributed by atoms with E-state index in [0.717, 1.165) is 12.8 Å². The molecule has 7 nitrogen and oxygen atoms in total. The first kappa shape index (κ1) is 15.9. The zero-order valence-corrected chi connectivity index (χ0v) is 13.0. The first-order chi connectivity index (χ1) is 9.77. The van der Waals surface area contributed by atoms with Crippen LogP contribution >= 0.6 is 0 Å². The topological polar surface area (TPSA) is 82.1 Å². The van der Waals surface area contributed by atoms with E-state index in [1.807, 2.05) is 20.8 Å². The monoisotopic (exact) mass is 299 g/mol. The van der Waals surface area contributed by atoms with Gasteiger partial charge in [0, 0.05) is 26.2 Å². The molecule has 2 aliphatic rings. The van der Waals surface area contributed by atoms with Gasteiger partial charge in [-0.3, -0.25) is 0 Å². The van der Waals surface area contributed by atoms with Crippen molar-refractivity contribution in [3.63, 3.8) is 0 Å². The fraction of sp³-hybridized carbons (Fsp3) is 0.857. The third-order valence-corrected chi connectivity index (χ3v) is 3.99. The Labute approximate surface area is 125 Å². The second kappa shape index (κ2) is 5.71. The number of β-amino-alcohol motifs (C(OH)–C–C–N with tert-alkyl or cyclic N) is 1. The van der Waals surface area contributed by atoms with Crippen LogP contribution in [0.4, 0.5) is 9.59 Å². The van der Waals surface area contributed by atoms with Crippen molar-refractivity contribution in [2.75, 3.05) is 32.8 Å². The molecule has 2 saturated heterocycles. The summed E-state index contributed by atoms with van der Waals surface area (Å²) in [5.41, 5.74) is -0.899. The lowest BCUT2D eigenvalue weighted by molar-refractivity contribution is 0.0229. The van der Waals surface area contributed by atoms with Crippen molar-refractivity contribution in [3.8, 4) is 0 Å². The van der Waals surface area contributed by atoms with Gasteiger partial charge in [0.25, 0.3) is 0 Å². The number of hydrogen-bond acceptors (Lipinski definition) is 4. The number of aliphatic hydroxyl groups excluding tert-OH is 1. The van der Waals surface area contributed by atoms with Gasteiger partial charge in [0.15, 0.2) is 0 Å². The van der Waals surface area contributed by atoms with Gasteiger partial charge in [-0.15, -0.1) is 0 Å². The Balaban J connectivity index is 2.08. The highest BCUT2D eigenvalue weighted by atomic mass is 16.6. The normalized spacial score (nSPS) is 26.2. The molecule has 1 spiro atoms. The average Bonchev–Trinajstić information content (AvgIpc) is 2.77. The van der Waals surface area contributed by atoms with Crippen LogP contribution in [0.5, 0.6) is 0 Å². The summed E-state index contributed by atoms with van der Waals surface area (Å²) < 4.78 is 5.40. The summed E-state index contributed by atoms with van der Waals surface area (Å²) in [7, 11) is 0. The molecule has 0 radical (unpaired) electrons. The van der Waals surface area contributed by atoms with Crippen molar-refractivity contribution < 1.29 is 19.4 Å². The van der Waals surface area contributed by atoms with Crippen molar-refractivity contribution in [1.29, 1.82) is 0 Å². The van der Waals surface area contributed by atoms with Crippen LogP contribution in [-0.2, 0) is 4.74 Å². The molecule has 0 aromatic heterocycles. The van der Waals surface area contributed by atoms with Gasteiger partial charge in [-0.25, -0.2) is 9.59 Å². The van der Waals surface area contributed by atoms with E-state index in [4.69, 9.17) is 4.74 Å². The summed E-state index contributed by atoms with van der Waals surface area (Å²) in [5.74, 6) is 0. The molecule has 120 valence electrons. The largest absolute Gasteiger partial charge is 0.444 e. The van der Waals surface area contributed by atoms with Crippen molar-refractivity contribution in [1.82, 2.24) is 15.1 Å². The SMILES string of the molecule is CC(C)(C)OC(=O)N1CCC2(CCNC(=O)N2CCO)C1. The maximum absolute atomic E-state index is 12.2. The Morgan fingerprint density at radius 3 is 2.76 bits per heavy atom. The highest BCUT2D eigenvalue weighted by Crippen LogP contribution is 2.34. The van der Waals surface area contributed by atoms with Crippen molar-refractivity contribution in [3.05, 3.63) is 0 Å². The smallest absolute Gasteiger partial charge is 0.410 e. The van der Waals surface area contributed by atoms with E-state index in [2.05, 4.69) is 5.32 Å². The van der Waals surface area contributed by atoms with E-state index < -0.39 is 5.60 Å². The highest BCUT2D eigenvalue weighted by Gasteiger charge is 2.48. The Hall–Kier alpha value is -1.50. The number of ether oxygens (including phenoxy) is 1. The minimum Gasteiger partial charge on any atom is -0.444 e. The lowest BCUT2D eigenvalue weighted by atomic mass is 9.90. The molecule has 0 bridgehead atoms. The molecule has 1 unspecified atom stereocenters.